The molecule has 0 fully saturated rings. The minimum Gasteiger partial charge on any atom is -0.510 e. The lowest BCUT2D eigenvalue weighted by Crippen LogP contribution is -2.28. The Morgan fingerprint density at radius 3 is 2.69 bits per heavy atom. The molecule has 0 atom stereocenters. The normalized spacial score (nSPS) is 14.7. The van der Waals surface area contributed by atoms with Gasteiger partial charge in [-0.05, 0) is 38.3 Å². The summed E-state index contributed by atoms with van der Waals surface area (Å²) >= 11 is 3.09. The molecular formula is C22H23N3O2S2. The van der Waals surface area contributed by atoms with Crippen LogP contribution in [0.15, 0.2) is 52.9 Å². The average molecular weight is 426 g/mol. The van der Waals surface area contributed by atoms with Gasteiger partial charge in [0.25, 0.3) is 0 Å². The van der Waals surface area contributed by atoms with E-state index in [1.807, 2.05) is 72.8 Å². The average Bonchev–Trinajstić information content (AvgIpc) is 3.37. The van der Waals surface area contributed by atoms with Crippen molar-refractivity contribution in [2.75, 3.05) is 6.54 Å². The number of rotatable bonds is 5. The van der Waals surface area contributed by atoms with Gasteiger partial charge in [-0.15, -0.1) is 22.7 Å². The zero-order chi connectivity index (χ0) is 20.6. The third kappa shape index (κ3) is 4.21. The number of aromatic nitrogens is 1. The van der Waals surface area contributed by atoms with Gasteiger partial charge in [0.15, 0.2) is 0 Å². The van der Waals surface area contributed by atoms with Crippen molar-refractivity contribution in [3.05, 3.63) is 63.5 Å². The Labute approximate surface area is 178 Å². The number of para-hydroxylation sites is 1. The maximum absolute atomic E-state index is 10.6. The second-order valence-corrected chi connectivity index (χ2v) is 9.67. The van der Waals surface area contributed by atoms with E-state index in [4.69, 9.17) is 10.1 Å². The molecule has 4 rings (SSSR count). The van der Waals surface area contributed by atoms with Gasteiger partial charge in [-0.1, -0.05) is 24.3 Å². The highest BCUT2D eigenvalue weighted by atomic mass is 32.1. The molecule has 0 bridgehead atoms. The number of nitrogens with zero attached hydrogens (tertiary/aromatic N) is 2. The van der Waals surface area contributed by atoms with Crippen molar-refractivity contribution in [1.29, 1.82) is 5.41 Å². The van der Waals surface area contributed by atoms with Gasteiger partial charge in [0.05, 0.1) is 22.7 Å². The number of nitrogens with one attached hydrogen (secondary N) is 1. The molecule has 1 aliphatic rings. The van der Waals surface area contributed by atoms with Crippen molar-refractivity contribution in [3.63, 3.8) is 0 Å². The molecule has 3 aromatic rings. The van der Waals surface area contributed by atoms with E-state index >= 15 is 0 Å². The number of amidine groups is 1. The molecule has 0 amide bonds. The van der Waals surface area contributed by atoms with E-state index in [1.54, 1.807) is 11.3 Å². The molecule has 0 unspecified atom stereocenters. The van der Waals surface area contributed by atoms with E-state index in [0.717, 1.165) is 21.9 Å². The quantitative estimate of drug-likeness (QED) is 0.541. The van der Waals surface area contributed by atoms with Gasteiger partial charge < -0.3 is 14.7 Å². The van der Waals surface area contributed by atoms with Crippen molar-refractivity contribution < 1.29 is 9.84 Å². The summed E-state index contributed by atoms with van der Waals surface area (Å²) in [5.74, 6) is 1.28. The lowest BCUT2D eigenvalue weighted by Gasteiger charge is -2.25. The smallest absolute Gasteiger partial charge is 0.135 e. The van der Waals surface area contributed by atoms with Gasteiger partial charge in [-0.2, -0.15) is 0 Å². The van der Waals surface area contributed by atoms with Gasteiger partial charge in [-0.3, -0.25) is 5.41 Å². The van der Waals surface area contributed by atoms with Crippen molar-refractivity contribution >= 4 is 34.1 Å². The highest BCUT2D eigenvalue weighted by Gasteiger charge is 2.31. The molecule has 3 heterocycles. The van der Waals surface area contributed by atoms with Gasteiger partial charge in [0, 0.05) is 17.5 Å². The Kier molecular flexibility index (Phi) is 5.19. The molecule has 0 saturated heterocycles. The van der Waals surface area contributed by atoms with Gasteiger partial charge in [-0.25, -0.2) is 4.98 Å². The van der Waals surface area contributed by atoms with Crippen molar-refractivity contribution in [2.45, 2.75) is 32.9 Å². The second kappa shape index (κ2) is 7.65. The maximum atomic E-state index is 10.6. The summed E-state index contributed by atoms with van der Waals surface area (Å²) in [6.07, 6.45) is 0. The Hall–Kier alpha value is -2.64. The first kappa shape index (κ1) is 19.7. The second-order valence-electron chi connectivity index (χ2n) is 7.86. The summed E-state index contributed by atoms with van der Waals surface area (Å²) in [5.41, 5.74) is 2.08. The molecule has 2 aromatic heterocycles. The third-order valence-corrected chi connectivity index (χ3v) is 6.18. The Balaban J connectivity index is 1.55. The van der Waals surface area contributed by atoms with Gasteiger partial charge in [0.1, 0.15) is 28.0 Å². The fraction of sp³-hybridized carbons (Fsp3) is 0.273. The molecule has 5 nitrogen and oxygen atoms in total. The highest BCUT2D eigenvalue weighted by Crippen LogP contribution is 2.35. The molecule has 7 heteroatoms. The number of benzene rings is 1. The first-order valence-corrected chi connectivity index (χ1v) is 11.1. The predicted molar refractivity (Wildman–Crippen MR) is 120 cm³/mol. The van der Waals surface area contributed by atoms with Gasteiger partial charge in [0.2, 0.25) is 0 Å². The van der Waals surface area contributed by atoms with E-state index in [2.05, 4.69) is 4.98 Å². The van der Waals surface area contributed by atoms with Crippen LogP contribution >= 0.6 is 22.7 Å². The fourth-order valence-corrected chi connectivity index (χ4v) is 4.84. The fourth-order valence-electron chi connectivity index (χ4n) is 3.19. The zero-order valence-corrected chi connectivity index (χ0v) is 18.2. The number of aliphatic hydroxyl groups is 1. The largest absolute Gasteiger partial charge is 0.510 e. The van der Waals surface area contributed by atoms with Crippen LogP contribution in [0.2, 0.25) is 0 Å². The summed E-state index contributed by atoms with van der Waals surface area (Å²) in [6.45, 7) is 6.83. The standard InChI is InChI=1S/C22H23N3O2S2/c1-22(2,3)27-17-8-5-4-7-14(17)11-25-12-16(26)19(20(25)23)21-24-15(13-29-21)18-9-6-10-28-18/h4-10,13,23,26H,11-12H2,1-3H3. The Bertz CT molecular complexity index is 1060. The van der Waals surface area contributed by atoms with Crippen LogP contribution in [0.25, 0.3) is 16.1 Å². The molecule has 150 valence electrons. The number of hydrogen-bond donors (Lipinski definition) is 2. The molecule has 1 aromatic carbocycles. The maximum Gasteiger partial charge on any atom is 0.135 e. The van der Waals surface area contributed by atoms with Crippen molar-refractivity contribution in [3.8, 4) is 16.3 Å². The Morgan fingerprint density at radius 2 is 1.97 bits per heavy atom. The molecule has 2 N–H and O–H groups in total. The first-order chi connectivity index (χ1) is 13.8. The van der Waals surface area contributed by atoms with Crippen molar-refractivity contribution in [1.82, 2.24) is 9.88 Å². The minimum absolute atomic E-state index is 0.191. The van der Waals surface area contributed by atoms with Crippen LogP contribution in [0.1, 0.15) is 31.3 Å². The monoisotopic (exact) mass is 425 g/mol. The summed E-state index contributed by atoms with van der Waals surface area (Å²) in [4.78, 5) is 7.60. The Morgan fingerprint density at radius 1 is 1.17 bits per heavy atom. The van der Waals surface area contributed by atoms with Crippen LogP contribution in [0.5, 0.6) is 5.75 Å². The number of thiazole rings is 1. The van der Waals surface area contributed by atoms with E-state index in [1.165, 1.54) is 11.3 Å². The van der Waals surface area contributed by atoms with Crippen LogP contribution in [0.4, 0.5) is 0 Å². The van der Waals surface area contributed by atoms with E-state index in [-0.39, 0.29) is 11.4 Å². The molecule has 0 saturated carbocycles. The number of aliphatic hydroxyl groups excluding tert-OH is 1. The minimum atomic E-state index is -0.306. The topological polar surface area (TPSA) is 69.4 Å². The third-order valence-electron chi connectivity index (χ3n) is 4.42. The van der Waals surface area contributed by atoms with Crippen LogP contribution in [-0.2, 0) is 6.54 Å². The first-order valence-electron chi connectivity index (χ1n) is 9.34. The van der Waals surface area contributed by atoms with Crippen molar-refractivity contribution in [2.24, 2.45) is 0 Å². The molecular weight excluding hydrogens is 402 g/mol. The van der Waals surface area contributed by atoms with E-state index in [9.17, 15) is 5.11 Å². The molecule has 0 radical (unpaired) electrons. The summed E-state index contributed by atoms with van der Waals surface area (Å²) in [6, 6.07) is 11.9. The van der Waals surface area contributed by atoms with Crippen LogP contribution in [-0.4, -0.2) is 33.0 Å². The number of thiophene rings is 1. The summed E-state index contributed by atoms with van der Waals surface area (Å²) in [7, 11) is 0. The van der Waals surface area contributed by atoms with Crippen LogP contribution in [0.3, 0.4) is 0 Å². The molecule has 0 aliphatic carbocycles. The predicted octanol–water partition coefficient (Wildman–Crippen LogP) is 5.81. The molecule has 0 spiro atoms. The number of hydrogen-bond acceptors (Lipinski definition) is 6. The van der Waals surface area contributed by atoms with Crippen LogP contribution in [0, 0.1) is 5.41 Å². The lowest BCUT2D eigenvalue weighted by atomic mass is 10.1. The summed E-state index contributed by atoms with van der Waals surface area (Å²) in [5, 5.41) is 23.9. The van der Waals surface area contributed by atoms with E-state index < -0.39 is 0 Å². The summed E-state index contributed by atoms with van der Waals surface area (Å²) < 4.78 is 6.08. The lowest BCUT2D eigenvalue weighted by molar-refractivity contribution is 0.128. The zero-order valence-electron chi connectivity index (χ0n) is 16.6. The SMILES string of the molecule is CC(C)(C)Oc1ccccc1CN1CC(O)=C(c2nc(-c3cccs3)cs2)C1=N. The highest BCUT2D eigenvalue weighted by molar-refractivity contribution is 7.14. The van der Waals surface area contributed by atoms with Crippen LogP contribution < -0.4 is 4.74 Å². The molecule has 1 aliphatic heterocycles. The van der Waals surface area contributed by atoms with E-state index in [0.29, 0.717) is 29.5 Å². The molecule has 29 heavy (non-hydrogen) atoms. The van der Waals surface area contributed by atoms with Gasteiger partial charge >= 0.3 is 0 Å². The number of ether oxygens (including phenoxy) is 1.